The molecule has 0 atom stereocenters. The van der Waals surface area contributed by atoms with Crippen LogP contribution >= 0.6 is 22.9 Å². The quantitative estimate of drug-likeness (QED) is 0.486. The summed E-state index contributed by atoms with van der Waals surface area (Å²) in [6.45, 7) is 0.969. The van der Waals surface area contributed by atoms with Gasteiger partial charge in [-0.2, -0.15) is 4.37 Å². The number of para-hydroxylation sites is 1. The first-order valence-electron chi connectivity index (χ1n) is 8.30. The van der Waals surface area contributed by atoms with Crippen molar-refractivity contribution in [2.24, 2.45) is 0 Å². The molecular weight excluding hydrogens is 404 g/mol. The standard InChI is InChI=1S/C17H20N4O3S3/c1-24-14-7-3-2-6-13(14)12-15-20-17(26-21-15)18-9-5-10-19-27(22,23)16-8-4-11-25-16/h2-4,6-8,11,19H,5,9-10,12H2,1H3,(H,18,20,21). The molecule has 2 heterocycles. The molecule has 1 aromatic carbocycles. The maximum atomic E-state index is 12.0. The number of ether oxygens (including phenoxy) is 1. The van der Waals surface area contributed by atoms with Gasteiger partial charge in [-0.1, -0.05) is 24.3 Å². The van der Waals surface area contributed by atoms with Gasteiger partial charge in [-0.15, -0.1) is 11.3 Å². The van der Waals surface area contributed by atoms with Crippen LogP contribution in [0.5, 0.6) is 5.75 Å². The van der Waals surface area contributed by atoms with Crippen molar-refractivity contribution in [1.29, 1.82) is 0 Å². The van der Waals surface area contributed by atoms with E-state index in [0.717, 1.165) is 22.3 Å². The summed E-state index contributed by atoms with van der Waals surface area (Å²) in [4.78, 5) is 4.47. The highest BCUT2D eigenvalue weighted by Gasteiger charge is 2.14. The second kappa shape index (κ2) is 9.27. The minimum atomic E-state index is -3.40. The highest BCUT2D eigenvalue weighted by Crippen LogP contribution is 2.21. The van der Waals surface area contributed by atoms with Crippen molar-refractivity contribution in [3.05, 3.63) is 53.2 Å². The average Bonchev–Trinajstić information content (AvgIpc) is 3.34. The van der Waals surface area contributed by atoms with Gasteiger partial charge in [0.25, 0.3) is 0 Å². The first kappa shape index (κ1) is 19.7. The SMILES string of the molecule is COc1ccccc1Cc1nsc(NCCCNS(=O)(=O)c2cccs2)n1. The van der Waals surface area contributed by atoms with E-state index in [1.54, 1.807) is 24.6 Å². The van der Waals surface area contributed by atoms with Crippen molar-refractivity contribution in [2.75, 3.05) is 25.5 Å². The molecule has 0 bridgehead atoms. The van der Waals surface area contributed by atoms with E-state index in [2.05, 4.69) is 19.4 Å². The normalized spacial score (nSPS) is 11.4. The second-order valence-corrected chi connectivity index (χ2v) is 9.31. The largest absolute Gasteiger partial charge is 0.496 e. The van der Waals surface area contributed by atoms with Crippen molar-refractivity contribution in [3.8, 4) is 5.75 Å². The molecule has 2 aromatic heterocycles. The number of benzene rings is 1. The topological polar surface area (TPSA) is 93.2 Å². The van der Waals surface area contributed by atoms with Crippen molar-refractivity contribution in [3.63, 3.8) is 0 Å². The number of sulfonamides is 1. The van der Waals surface area contributed by atoms with Crippen LogP contribution in [0.2, 0.25) is 0 Å². The van der Waals surface area contributed by atoms with E-state index in [4.69, 9.17) is 4.74 Å². The fourth-order valence-corrected chi connectivity index (χ4v) is 5.12. The van der Waals surface area contributed by atoms with Gasteiger partial charge in [0.05, 0.1) is 7.11 Å². The van der Waals surface area contributed by atoms with E-state index in [1.165, 1.54) is 22.9 Å². The van der Waals surface area contributed by atoms with Crippen LogP contribution in [-0.4, -0.2) is 38.0 Å². The van der Waals surface area contributed by atoms with Crippen LogP contribution < -0.4 is 14.8 Å². The summed E-state index contributed by atoms with van der Waals surface area (Å²) in [6, 6.07) is 11.1. The minimum absolute atomic E-state index is 0.334. The third-order valence-electron chi connectivity index (χ3n) is 3.69. The zero-order chi connectivity index (χ0) is 19.1. The number of nitrogens with one attached hydrogen (secondary N) is 2. The van der Waals surface area contributed by atoms with Crippen LogP contribution in [0.1, 0.15) is 17.8 Å². The van der Waals surface area contributed by atoms with Crippen LogP contribution in [0.15, 0.2) is 46.0 Å². The Bertz CT molecular complexity index is 955. The maximum absolute atomic E-state index is 12.0. The Balaban J connectivity index is 1.43. The number of rotatable bonds is 10. The van der Waals surface area contributed by atoms with E-state index in [0.29, 0.717) is 30.1 Å². The third kappa shape index (κ3) is 5.48. The van der Waals surface area contributed by atoms with Crippen molar-refractivity contribution < 1.29 is 13.2 Å². The summed E-state index contributed by atoms with van der Waals surface area (Å²) >= 11 is 2.50. The van der Waals surface area contributed by atoms with Crippen LogP contribution in [0.4, 0.5) is 5.13 Å². The molecule has 27 heavy (non-hydrogen) atoms. The summed E-state index contributed by atoms with van der Waals surface area (Å²) in [5.41, 5.74) is 1.03. The molecule has 3 rings (SSSR count). The Labute approximate surface area is 166 Å². The second-order valence-electron chi connectivity index (χ2n) is 5.61. The molecule has 0 aliphatic rings. The van der Waals surface area contributed by atoms with Gasteiger partial charge in [0.15, 0.2) is 0 Å². The van der Waals surface area contributed by atoms with Crippen LogP contribution in [-0.2, 0) is 16.4 Å². The zero-order valence-corrected chi connectivity index (χ0v) is 17.2. The lowest BCUT2D eigenvalue weighted by molar-refractivity contribution is 0.410. The number of hydrogen-bond acceptors (Lipinski definition) is 8. The Hall–Kier alpha value is -2.01. The zero-order valence-electron chi connectivity index (χ0n) is 14.7. The van der Waals surface area contributed by atoms with E-state index in [-0.39, 0.29) is 0 Å². The van der Waals surface area contributed by atoms with Gasteiger partial charge in [-0.05, 0) is 23.9 Å². The van der Waals surface area contributed by atoms with Gasteiger partial charge in [0.1, 0.15) is 15.8 Å². The molecular formula is C17H20N4O3S3. The molecule has 3 aromatic rings. The molecule has 7 nitrogen and oxygen atoms in total. The first-order chi connectivity index (χ1) is 13.1. The van der Waals surface area contributed by atoms with Crippen molar-refractivity contribution in [1.82, 2.24) is 14.1 Å². The Morgan fingerprint density at radius 3 is 2.78 bits per heavy atom. The lowest BCUT2D eigenvalue weighted by Crippen LogP contribution is -2.25. The van der Waals surface area contributed by atoms with Gasteiger partial charge >= 0.3 is 0 Å². The molecule has 2 N–H and O–H groups in total. The Morgan fingerprint density at radius 2 is 2.00 bits per heavy atom. The molecule has 0 spiro atoms. The van der Waals surface area contributed by atoms with E-state index in [1.807, 2.05) is 24.3 Å². The number of thiophene rings is 1. The smallest absolute Gasteiger partial charge is 0.250 e. The molecule has 0 fully saturated rings. The molecule has 10 heteroatoms. The van der Waals surface area contributed by atoms with E-state index < -0.39 is 10.0 Å². The van der Waals surface area contributed by atoms with Crippen molar-refractivity contribution in [2.45, 2.75) is 17.1 Å². The molecule has 0 aliphatic heterocycles. The molecule has 0 radical (unpaired) electrons. The summed E-state index contributed by atoms with van der Waals surface area (Å²) in [7, 11) is -1.75. The van der Waals surface area contributed by atoms with Crippen LogP contribution in [0.25, 0.3) is 0 Å². The monoisotopic (exact) mass is 424 g/mol. The first-order valence-corrected chi connectivity index (χ1v) is 11.4. The molecule has 0 saturated carbocycles. The Morgan fingerprint density at radius 1 is 1.15 bits per heavy atom. The average molecular weight is 425 g/mol. The highest BCUT2D eigenvalue weighted by molar-refractivity contribution is 7.91. The summed E-state index contributed by atoms with van der Waals surface area (Å²) in [5.74, 6) is 1.55. The molecule has 0 unspecified atom stereocenters. The fourth-order valence-electron chi connectivity index (χ4n) is 2.39. The molecule has 144 valence electrons. The van der Waals surface area contributed by atoms with Gasteiger partial charge in [-0.25, -0.2) is 18.1 Å². The number of nitrogens with zero attached hydrogens (tertiary/aromatic N) is 2. The van der Waals surface area contributed by atoms with Crippen LogP contribution in [0, 0.1) is 0 Å². The van der Waals surface area contributed by atoms with Gasteiger partial charge in [0.2, 0.25) is 15.2 Å². The van der Waals surface area contributed by atoms with Crippen molar-refractivity contribution >= 4 is 38.0 Å². The lowest BCUT2D eigenvalue weighted by atomic mass is 10.1. The van der Waals surface area contributed by atoms with Crippen LogP contribution in [0.3, 0.4) is 0 Å². The number of methoxy groups -OCH3 is 1. The highest BCUT2D eigenvalue weighted by atomic mass is 32.2. The minimum Gasteiger partial charge on any atom is -0.496 e. The molecule has 0 saturated heterocycles. The Kier molecular flexibility index (Phi) is 6.78. The van der Waals surface area contributed by atoms with Gasteiger partial charge < -0.3 is 10.1 Å². The van der Waals surface area contributed by atoms with Gasteiger partial charge in [0, 0.05) is 36.6 Å². The number of anilines is 1. The van der Waals surface area contributed by atoms with E-state index >= 15 is 0 Å². The summed E-state index contributed by atoms with van der Waals surface area (Å²) in [6.07, 6.45) is 1.24. The fraction of sp³-hybridized carbons (Fsp3) is 0.294. The number of aromatic nitrogens is 2. The lowest BCUT2D eigenvalue weighted by Gasteiger charge is -2.06. The molecule has 0 aliphatic carbocycles. The van der Waals surface area contributed by atoms with E-state index in [9.17, 15) is 8.42 Å². The number of hydrogen-bond donors (Lipinski definition) is 2. The predicted octanol–water partition coefficient (Wildman–Crippen LogP) is 2.98. The maximum Gasteiger partial charge on any atom is 0.250 e. The molecule has 0 amide bonds. The third-order valence-corrected chi connectivity index (χ3v) is 7.26. The van der Waals surface area contributed by atoms with Gasteiger partial charge in [-0.3, -0.25) is 0 Å². The predicted molar refractivity (Wildman–Crippen MR) is 108 cm³/mol. The summed E-state index contributed by atoms with van der Waals surface area (Å²) < 4.78 is 36.6. The summed E-state index contributed by atoms with van der Waals surface area (Å²) in [5, 5.41) is 5.65.